The minimum Gasteiger partial charge on any atom is -0.330 e. The van der Waals surface area contributed by atoms with Crippen LogP contribution in [0.3, 0.4) is 0 Å². The number of benzene rings is 1. The van der Waals surface area contributed by atoms with Gasteiger partial charge in [-0.1, -0.05) is 19.3 Å². The van der Waals surface area contributed by atoms with Crippen LogP contribution in [0, 0.1) is 11.2 Å². The van der Waals surface area contributed by atoms with Gasteiger partial charge in [0.2, 0.25) is 5.91 Å². The molecule has 3 nitrogen and oxygen atoms in total. The number of anilines is 1. The Morgan fingerprint density at radius 1 is 1.23 bits per heavy atom. The zero-order valence-corrected chi connectivity index (χ0v) is 14.0. The fourth-order valence-electron chi connectivity index (χ4n) is 3.30. The van der Waals surface area contributed by atoms with E-state index in [0.29, 0.717) is 19.5 Å². The van der Waals surface area contributed by atoms with Crippen LogP contribution in [-0.2, 0) is 4.79 Å². The monoisotopic (exact) mass is 328 g/mol. The third kappa shape index (κ3) is 4.43. The van der Waals surface area contributed by atoms with Gasteiger partial charge in [-0.05, 0) is 56.0 Å². The highest BCUT2D eigenvalue weighted by atomic mass is 35.5. The van der Waals surface area contributed by atoms with E-state index < -0.39 is 0 Å². The van der Waals surface area contributed by atoms with Crippen LogP contribution in [0.5, 0.6) is 0 Å². The third-order valence-electron chi connectivity index (χ3n) is 4.63. The van der Waals surface area contributed by atoms with E-state index in [1.807, 2.05) is 6.92 Å². The quantitative estimate of drug-likeness (QED) is 0.891. The van der Waals surface area contributed by atoms with Crippen LogP contribution in [0.1, 0.15) is 45.4 Å². The average Bonchev–Trinajstić information content (AvgIpc) is 2.51. The first-order valence-corrected chi connectivity index (χ1v) is 7.86. The SMILES string of the molecule is CCN(C(=O)CC1(CN)CCCCC1)c1ccc(F)cc1.Cl. The molecule has 0 saturated heterocycles. The minimum atomic E-state index is -0.284. The van der Waals surface area contributed by atoms with E-state index in [-0.39, 0.29) is 29.5 Å². The molecule has 0 bridgehead atoms. The van der Waals surface area contributed by atoms with E-state index in [0.717, 1.165) is 31.4 Å². The van der Waals surface area contributed by atoms with Gasteiger partial charge < -0.3 is 10.6 Å². The number of amides is 1. The normalized spacial score (nSPS) is 16.7. The van der Waals surface area contributed by atoms with Crippen molar-refractivity contribution in [1.29, 1.82) is 0 Å². The van der Waals surface area contributed by atoms with Crippen molar-refractivity contribution in [2.24, 2.45) is 11.1 Å². The first-order valence-electron chi connectivity index (χ1n) is 7.86. The number of halogens is 2. The molecule has 1 aromatic rings. The van der Waals surface area contributed by atoms with Crippen molar-refractivity contribution in [3.8, 4) is 0 Å². The standard InChI is InChI=1S/C17H25FN2O.ClH/c1-2-20(15-8-6-14(18)7-9-15)16(21)12-17(13-19)10-4-3-5-11-17;/h6-9H,2-5,10-13,19H2,1H3;1H. The Kier molecular flexibility index (Phi) is 7.30. The summed E-state index contributed by atoms with van der Waals surface area (Å²) in [4.78, 5) is 14.4. The highest BCUT2D eigenvalue weighted by Crippen LogP contribution is 2.39. The summed E-state index contributed by atoms with van der Waals surface area (Å²) in [6.45, 7) is 3.10. The molecule has 5 heteroatoms. The highest BCUT2D eigenvalue weighted by Gasteiger charge is 2.34. The molecule has 1 saturated carbocycles. The molecule has 0 heterocycles. The van der Waals surface area contributed by atoms with Crippen LogP contribution < -0.4 is 10.6 Å². The lowest BCUT2D eigenvalue weighted by Crippen LogP contribution is -2.40. The molecule has 22 heavy (non-hydrogen) atoms. The maximum Gasteiger partial charge on any atom is 0.227 e. The summed E-state index contributed by atoms with van der Waals surface area (Å²) in [6.07, 6.45) is 6.13. The molecule has 0 aromatic heterocycles. The molecule has 0 aliphatic heterocycles. The summed E-state index contributed by atoms with van der Waals surface area (Å²) in [5.41, 5.74) is 6.68. The van der Waals surface area contributed by atoms with Crippen molar-refractivity contribution in [3.63, 3.8) is 0 Å². The van der Waals surface area contributed by atoms with Gasteiger partial charge in [-0.15, -0.1) is 12.4 Å². The Labute approximate surface area is 138 Å². The molecule has 0 spiro atoms. The van der Waals surface area contributed by atoms with Gasteiger partial charge in [-0.25, -0.2) is 4.39 Å². The van der Waals surface area contributed by atoms with Crippen molar-refractivity contribution in [2.75, 3.05) is 18.0 Å². The number of hydrogen-bond acceptors (Lipinski definition) is 2. The van der Waals surface area contributed by atoms with Crippen molar-refractivity contribution in [1.82, 2.24) is 0 Å². The van der Waals surface area contributed by atoms with Crippen molar-refractivity contribution in [2.45, 2.75) is 45.4 Å². The minimum absolute atomic E-state index is 0. The van der Waals surface area contributed by atoms with Gasteiger partial charge in [0, 0.05) is 18.7 Å². The van der Waals surface area contributed by atoms with Crippen LogP contribution >= 0.6 is 12.4 Å². The molecule has 2 rings (SSSR count). The number of hydrogen-bond donors (Lipinski definition) is 1. The zero-order valence-electron chi connectivity index (χ0n) is 13.2. The van der Waals surface area contributed by atoms with Crippen LogP contribution in [-0.4, -0.2) is 19.0 Å². The van der Waals surface area contributed by atoms with Crippen LogP contribution in [0.4, 0.5) is 10.1 Å². The van der Waals surface area contributed by atoms with Gasteiger partial charge in [-0.2, -0.15) is 0 Å². The van der Waals surface area contributed by atoms with E-state index in [1.54, 1.807) is 17.0 Å². The lowest BCUT2D eigenvalue weighted by molar-refractivity contribution is -0.121. The fraction of sp³-hybridized carbons (Fsp3) is 0.588. The van der Waals surface area contributed by atoms with E-state index in [1.165, 1.54) is 18.6 Å². The molecule has 1 aliphatic carbocycles. The Bertz CT molecular complexity index is 472. The van der Waals surface area contributed by atoms with Crippen molar-refractivity contribution in [3.05, 3.63) is 30.1 Å². The second-order valence-corrected chi connectivity index (χ2v) is 6.06. The van der Waals surface area contributed by atoms with Gasteiger partial charge in [0.1, 0.15) is 5.82 Å². The van der Waals surface area contributed by atoms with E-state index in [2.05, 4.69) is 0 Å². The maximum atomic E-state index is 13.0. The summed E-state index contributed by atoms with van der Waals surface area (Å²) >= 11 is 0. The highest BCUT2D eigenvalue weighted by molar-refractivity contribution is 5.93. The van der Waals surface area contributed by atoms with Crippen LogP contribution in [0.15, 0.2) is 24.3 Å². The lowest BCUT2D eigenvalue weighted by Gasteiger charge is -2.37. The largest absolute Gasteiger partial charge is 0.330 e. The van der Waals surface area contributed by atoms with Crippen molar-refractivity contribution >= 4 is 24.0 Å². The summed E-state index contributed by atoms with van der Waals surface area (Å²) in [5, 5.41) is 0. The second kappa shape index (κ2) is 8.49. The Morgan fingerprint density at radius 3 is 2.32 bits per heavy atom. The molecular weight excluding hydrogens is 303 g/mol. The van der Waals surface area contributed by atoms with E-state index >= 15 is 0 Å². The fourth-order valence-corrected chi connectivity index (χ4v) is 3.30. The molecule has 0 radical (unpaired) electrons. The summed E-state index contributed by atoms with van der Waals surface area (Å²) in [5.74, 6) is -0.190. The van der Waals surface area contributed by atoms with Gasteiger partial charge in [0.05, 0.1) is 0 Å². The Balaban J connectivity index is 0.00000242. The summed E-state index contributed by atoms with van der Waals surface area (Å²) in [6, 6.07) is 6.11. The average molecular weight is 329 g/mol. The van der Waals surface area contributed by atoms with E-state index in [4.69, 9.17) is 5.73 Å². The number of nitrogens with two attached hydrogens (primary N) is 1. The summed E-state index contributed by atoms with van der Waals surface area (Å²) < 4.78 is 13.0. The van der Waals surface area contributed by atoms with Crippen molar-refractivity contribution < 1.29 is 9.18 Å². The van der Waals surface area contributed by atoms with Gasteiger partial charge >= 0.3 is 0 Å². The predicted molar refractivity (Wildman–Crippen MR) is 90.9 cm³/mol. The Morgan fingerprint density at radius 2 is 1.82 bits per heavy atom. The first-order chi connectivity index (χ1) is 10.1. The molecule has 2 N–H and O–H groups in total. The van der Waals surface area contributed by atoms with Gasteiger partial charge in [0.25, 0.3) is 0 Å². The molecule has 0 unspecified atom stereocenters. The second-order valence-electron chi connectivity index (χ2n) is 6.06. The third-order valence-corrected chi connectivity index (χ3v) is 4.63. The molecule has 1 aromatic carbocycles. The van der Waals surface area contributed by atoms with Gasteiger partial charge in [0.15, 0.2) is 0 Å². The zero-order chi connectivity index (χ0) is 15.3. The molecule has 124 valence electrons. The lowest BCUT2D eigenvalue weighted by atomic mass is 9.71. The molecule has 1 amide bonds. The van der Waals surface area contributed by atoms with Crippen LogP contribution in [0.2, 0.25) is 0 Å². The molecule has 1 fully saturated rings. The predicted octanol–water partition coefficient (Wildman–Crippen LogP) is 3.90. The van der Waals surface area contributed by atoms with Gasteiger partial charge in [-0.3, -0.25) is 4.79 Å². The molecule has 1 aliphatic rings. The molecule has 0 atom stereocenters. The Hall–Kier alpha value is -1.13. The smallest absolute Gasteiger partial charge is 0.227 e. The van der Waals surface area contributed by atoms with Crippen LogP contribution in [0.25, 0.3) is 0 Å². The molecular formula is C17H26ClFN2O. The maximum absolute atomic E-state index is 13.0. The summed E-state index contributed by atoms with van der Waals surface area (Å²) in [7, 11) is 0. The number of nitrogens with zero attached hydrogens (tertiary/aromatic N) is 1. The van der Waals surface area contributed by atoms with E-state index in [9.17, 15) is 9.18 Å². The number of carbonyl (C=O) groups is 1. The first kappa shape index (κ1) is 18.9. The number of carbonyl (C=O) groups excluding carboxylic acids is 1. The number of rotatable bonds is 5. The topological polar surface area (TPSA) is 46.3 Å².